The lowest BCUT2D eigenvalue weighted by Gasteiger charge is -2.28. The molecule has 168 valence electrons. The Morgan fingerprint density at radius 1 is 1.16 bits per heavy atom. The number of carbonyl (C=O) groups excluding carboxylic acids is 2. The number of aromatic nitrogens is 1. The summed E-state index contributed by atoms with van der Waals surface area (Å²) in [7, 11) is -3.28. The quantitative estimate of drug-likeness (QED) is 0.662. The van der Waals surface area contributed by atoms with Crippen LogP contribution in [0.15, 0.2) is 57.8 Å². The molecular weight excluding hydrogens is 430 g/mol. The first-order chi connectivity index (χ1) is 15.3. The second-order valence-corrected chi connectivity index (χ2v) is 10.1. The van der Waals surface area contributed by atoms with E-state index < -0.39 is 9.84 Å². The maximum atomic E-state index is 12.6. The van der Waals surface area contributed by atoms with E-state index in [9.17, 15) is 22.8 Å². The molecule has 1 aromatic carbocycles. The molecule has 2 aliphatic heterocycles. The highest BCUT2D eigenvalue weighted by molar-refractivity contribution is 7.94. The summed E-state index contributed by atoms with van der Waals surface area (Å²) < 4.78 is 23.5. The molecular formula is C23H25N3O5S. The highest BCUT2D eigenvalue weighted by Crippen LogP contribution is 2.21. The molecule has 9 heteroatoms. The Hall–Kier alpha value is -3.20. The Kier molecular flexibility index (Phi) is 6.27. The number of aromatic amines is 1. The summed E-state index contributed by atoms with van der Waals surface area (Å²) in [5, 5.41) is 5.36. The predicted molar refractivity (Wildman–Crippen MR) is 122 cm³/mol. The lowest BCUT2D eigenvalue weighted by Crippen LogP contribution is -2.38. The van der Waals surface area contributed by atoms with Crippen molar-refractivity contribution >= 4 is 32.4 Å². The van der Waals surface area contributed by atoms with Gasteiger partial charge in [-0.1, -0.05) is 29.8 Å². The molecule has 8 nitrogen and oxygen atoms in total. The Labute approximate surface area is 185 Å². The number of nitrogens with one attached hydrogen (secondary N) is 2. The number of carbonyl (C=O) groups is 2. The van der Waals surface area contributed by atoms with Gasteiger partial charge in [0.1, 0.15) is 0 Å². The minimum absolute atomic E-state index is 0.0700. The van der Waals surface area contributed by atoms with E-state index in [0.29, 0.717) is 55.5 Å². The molecule has 2 aliphatic rings. The average Bonchev–Trinajstić information content (AvgIpc) is 2.77. The zero-order valence-corrected chi connectivity index (χ0v) is 18.4. The average molecular weight is 456 g/mol. The third-order valence-corrected chi connectivity index (χ3v) is 7.24. The van der Waals surface area contributed by atoms with Crippen LogP contribution in [-0.2, 0) is 25.8 Å². The molecule has 0 fully saturated rings. The van der Waals surface area contributed by atoms with Crippen molar-refractivity contribution in [2.45, 2.75) is 25.7 Å². The van der Waals surface area contributed by atoms with Crippen LogP contribution in [0.5, 0.6) is 0 Å². The van der Waals surface area contributed by atoms with Crippen LogP contribution in [0.4, 0.5) is 0 Å². The fourth-order valence-electron chi connectivity index (χ4n) is 4.02. The first-order valence-corrected chi connectivity index (χ1v) is 12.3. The third kappa shape index (κ3) is 5.16. The zero-order valence-electron chi connectivity index (χ0n) is 17.6. The van der Waals surface area contributed by atoms with E-state index in [-0.39, 0.29) is 29.5 Å². The fraction of sp³-hybridized carbons (Fsp3) is 0.348. The highest BCUT2D eigenvalue weighted by atomic mass is 32.2. The predicted octanol–water partition coefficient (Wildman–Crippen LogP) is 1.44. The highest BCUT2D eigenvalue weighted by Gasteiger charge is 2.25. The number of amides is 2. The van der Waals surface area contributed by atoms with Gasteiger partial charge in [0.2, 0.25) is 5.91 Å². The molecule has 1 aromatic heterocycles. The zero-order chi connectivity index (χ0) is 22.7. The first-order valence-electron chi connectivity index (χ1n) is 10.6. The number of nitrogens with zero attached hydrogens (tertiary/aromatic N) is 1. The molecule has 32 heavy (non-hydrogen) atoms. The van der Waals surface area contributed by atoms with Gasteiger partial charge in [-0.05, 0) is 36.8 Å². The van der Waals surface area contributed by atoms with Crippen LogP contribution >= 0.6 is 0 Å². The summed E-state index contributed by atoms with van der Waals surface area (Å²) in [5.41, 5.74) is 1.70. The van der Waals surface area contributed by atoms with Crippen LogP contribution in [0.1, 0.15) is 25.0 Å². The van der Waals surface area contributed by atoms with E-state index in [2.05, 4.69) is 10.3 Å². The van der Waals surface area contributed by atoms with Gasteiger partial charge in [0.05, 0.1) is 12.2 Å². The second kappa shape index (κ2) is 9.12. The second-order valence-electron chi connectivity index (χ2n) is 8.14. The summed E-state index contributed by atoms with van der Waals surface area (Å²) in [6.07, 6.45) is 3.54. The van der Waals surface area contributed by atoms with Crippen molar-refractivity contribution < 1.29 is 18.0 Å². The molecule has 0 spiro atoms. The summed E-state index contributed by atoms with van der Waals surface area (Å²) in [4.78, 5) is 41.5. The number of hydrogen-bond donors (Lipinski definition) is 2. The van der Waals surface area contributed by atoms with Crippen molar-refractivity contribution in [2.75, 3.05) is 25.4 Å². The van der Waals surface area contributed by atoms with E-state index >= 15 is 0 Å². The molecule has 0 saturated carbocycles. The molecule has 4 rings (SSSR count). The normalized spacial score (nSPS) is 18.1. The smallest absolute Gasteiger partial charge is 0.256 e. The molecule has 2 amide bonds. The van der Waals surface area contributed by atoms with Crippen LogP contribution in [0, 0.1) is 0 Å². The molecule has 2 N–H and O–H groups in total. The van der Waals surface area contributed by atoms with E-state index in [1.54, 1.807) is 23.1 Å². The maximum absolute atomic E-state index is 12.6. The number of pyridine rings is 1. The van der Waals surface area contributed by atoms with Crippen molar-refractivity contribution in [3.05, 3.63) is 69.0 Å². The van der Waals surface area contributed by atoms with Crippen molar-refractivity contribution in [1.82, 2.24) is 15.2 Å². The van der Waals surface area contributed by atoms with Gasteiger partial charge in [-0.3, -0.25) is 14.4 Å². The van der Waals surface area contributed by atoms with Gasteiger partial charge in [0.15, 0.2) is 9.84 Å². The Balaban J connectivity index is 1.31. The number of hydrogen-bond acceptors (Lipinski definition) is 5. The van der Waals surface area contributed by atoms with Gasteiger partial charge in [-0.2, -0.15) is 0 Å². The third-order valence-electron chi connectivity index (χ3n) is 5.73. The van der Waals surface area contributed by atoms with E-state index in [1.807, 2.05) is 18.2 Å². The van der Waals surface area contributed by atoms with Crippen LogP contribution in [0.2, 0.25) is 0 Å². The van der Waals surface area contributed by atoms with Crippen molar-refractivity contribution in [2.24, 2.45) is 0 Å². The van der Waals surface area contributed by atoms with Crippen LogP contribution in [0.3, 0.4) is 0 Å². The SMILES string of the molecule is O=C(Cc1cc2ccccc2c(=O)[nH]1)NCC1=CCN(C(=O)C2=CS(=O)(=O)CCC2)CC1. The van der Waals surface area contributed by atoms with Crippen LogP contribution < -0.4 is 10.9 Å². The van der Waals surface area contributed by atoms with Gasteiger partial charge >= 0.3 is 0 Å². The number of fused-ring (bicyclic) bond motifs is 1. The van der Waals surface area contributed by atoms with Gasteiger partial charge in [0.25, 0.3) is 11.5 Å². The minimum atomic E-state index is -3.28. The Morgan fingerprint density at radius 2 is 1.97 bits per heavy atom. The molecule has 0 radical (unpaired) electrons. The largest absolute Gasteiger partial charge is 0.352 e. The van der Waals surface area contributed by atoms with E-state index in [4.69, 9.17) is 0 Å². The maximum Gasteiger partial charge on any atom is 0.256 e. The number of benzene rings is 1. The summed E-state index contributed by atoms with van der Waals surface area (Å²) in [6, 6.07) is 9.03. The van der Waals surface area contributed by atoms with E-state index in [1.165, 1.54) is 0 Å². The molecule has 3 heterocycles. The molecule has 0 unspecified atom stereocenters. The molecule has 2 aromatic rings. The van der Waals surface area contributed by atoms with Gasteiger partial charge in [0, 0.05) is 41.7 Å². The van der Waals surface area contributed by atoms with Crippen LogP contribution in [-0.4, -0.2) is 55.5 Å². The van der Waals surface area contributed by atoms with Gasteiger partial charge in [-0.25, -0.2) is 8.42 Å². The monoisotopic (exact) mass is 455 g/mol. The van der Waals surface area contributed by atoms with Gasteiger partial charge in [-0.15, -0.1) is 0 Å². The fourth-order valence-corrected chi connectivity index (χ4v) is 5.34. The number of rotatable bonds is 5. The summed E-state index contributed by atoms with van der Waals surface area (Å²) >= 11 is 0. The van der Waals surface area contributed by atoms with Crippen molar-refractivity contribution in [1.29, 1.82) is 0 Å². The lowest BCUT2D eigenvalue weighted by atomic mass is 10.1. The van der Waals surface area contributed by atoms with Crippen LogP contribution in [0.25, 0.3) is 10.8 Å². The summed E-state index contributed by atoms with van der Waals surface area (Å²) in [6.45, 7) is 1.24. The number of H-pyrrole nitrogens is 1. The summed E-state index contributed by atoms with van der Waals surface area (Å²) in [5.74, 6) is -0.332. The lowest BCUT2D eigenvalue weighted by molar-refractivity contribution is -0.127. The molecule has 0 aliphatic carbocycles. The standard InChI is InChI=1S/C23H25N3O5S/c27-21(13-19-12-17-4-1-2-6-20(17)22(28)25-19)24-14-16-7-9-26(10-8-16)23(29)18-5-3-11-32(30,31)15-18/h1-2,4,6-7,12,15H,3,5,8-11,13-14H2,(H,24,27)(H,25,28). The van der Waals surface area contributed by atoms with E-state index in [0.717, 1.165) is 16.4 Å². The Bertz CT molecular complexity index is 1290. The first kappa shape index (κ1) is 22.0. The molecule has 0 saturated heterocycles. The Morgan fingerprint density at radius 3 is 2.72 bits per heavy atom. The minimum Gasteiger partial charge on any atom is -0.352 e. The number of sulfone groups is 1. The molecule has 0 bridgehead atoms. The van der Waals surface area contributed by atoms with Crippen molar-refractivity contribution in [3.8, 4) is 0 Å². The van der Waals surface area contributed by atoms with Gasteiger partial charge < -0.3 is 15.2 Å². The molecule has 0 atom stereocenters. The topological polar surface area (TPSA) is 116 Å². The van der Waals surface area contributed by atoms with Crippen molar-refractivity contribution in [3.63, 3.8) is 0 Å².